The van der Waals surface area contributed by atoms with E-state index in [0.717, 1.165) is 77.0 Å². The second-order valence-corrected chi connectivity index (χ2v) is 19.3. The summed E-state index contributed by atoms with van der Waals surface area (Å²) in [5.41, 5.74) is 0. The Hall–Kier alpha value is -2.32. The Morgan fingerprint density at radius 1 is 0.508 bits per heavy atom. The number of hydrogen-bond acceptors (Lipinski definition) is 6. The maximum Gasteiger partial charge on any atom is 0.472 e. The predicted molar refractivity (Wildman–Crippen MR) is 270 cm³/mol. The van der Waals surface area contributed by atoms with Gasteiger partial charge in [-0.05, 0) is 89.9 Å². The number of esters is 1. The number of phosphoric ester groups is 1. The number of carbonyl (C=O) groups excluding carboxylic acids is 1. The molecule has 0 aliphatic carbocycles. The van der Waals surface area contributed by atoms with Gasteiger partial charge in [0.15, 0.2) is 0 Å². The molecule has 8 nitrogen and oxygen atoms in total. The van der Waals surface area contributed by atoms with E-state index >= 15 is 0 Å². The van der Waals surface area contributed by atoms with Gasteiger partial charge in [0.05, 0.1) is 34.4 Å². The largest absolute Gasteiger partial charge is 0.472 e. The van der Waals surface area contributed by atoms with Gasteiger partial charge in [-0.15, -0.1) is 0 Å². The minimum Gasteiger partial charge on any atom is -0.457 e. The summed E-state index contributed by atoms with van der Waals surface area (Å²) in [6.45, 7) is 5.44. The van der Waals surface area contributed by atoms with E-state index in [4.69, 9.17) is 18.5 Å². The summed E-state index contributed by atoms with van der Waals surface area (Å²) in [5, 5.41) is 0. The Bertz CT molecular complexity index is 1280. The number of allylic oxidation sites excluding steroid dienone is 14. The van der Waals surface area contributed by atoms with Crippen LogP contribution in [0.4, 0.5) is 0 Å². The Morgan fingerprint density at radius 3 is 1.38 bits per heavy atom. The lowest BCUT2D eigenvalue weighted by molar-refractivity contribution is -0.870. The van der Waals surface area contributed by atoms with Gasteiger partial charge in [0, 0.05) is 13.0 Å². The van der Waals surface area contributed by atoms with Crippen LogP contribution < -0.4 is 0 Å². The van der Waals surface area contributed by atoms with Crippen LogP contribution in [0.2, 0.25) is 0 Å². The van der Waals surface area contributed by atoms with E-state index in [0.29, 0.717) is 17.6 Å². The average Bonchev–Trinajstić information content (AvgIpc) is 3.24. The molecule has 0 aromatic heterocycles. The Kier molecular flexibility index (Phi) is 44.5. The number of likely N-dealkylation sites (N-methyl/N-ethyl adjacent to an activating group) is 1. The smallest absolute Gasteiger partial charge is 0.457 e. The van der Waals surface area contributed by atoms with Crippen molar-refractivity contribution in [2.45, 2.75) is 200 Å². The Labute approximate surface area is 388 Å². The van der Waals surface area contributed by atoms with Crippen LogP contribution in [-0.2, 0) is 27.9 Å². The molecule has 0 spiro atoms. The normalized spacial score (nSPS) is 14.3. The highest BCUT2D eigenvalue weighted by atomic mass is 31.2. The highest BCUT2D eigenvalue weighted by Crippen LogP contribution is 2.43. The molecule has 0 amide bonds. The number of phosphoric acid groups is 1. The van der Waals surface area contributed by atoms with Crippen LogP contribution in [0.25, 0.3) is 0 Å². The van der Waals surface area contributed by atoms with Crippen molar-refractivity contribution in [2.75, 3.05) is 54.1 Å². The molecule has 0 bridgehead atoms. The SMILES string of the molecule is CC/C=C\C/C=C\C/C=C\C/C=C\C/C=C\CCCCCC(=O)OC(COCCCCCCCCCCCC/C=C\C/C=C\CCCCCCC)COP(=O)(O)OCC[N+](C)(C)C. The molecular formula is C54H97NO7P+. The van der Waals surface area contributed by atoms with Crippen LogP contribution in [0.15, 0.2) is 85.1 Å². The molecule has 0 aromatic carbocycles. The van der Waals surface area contributed by atoms with Crippen LogP contribution in [0.3, 0.4) is 0 Å². The number of unbranched alkanes of at least 4 members (excludes halogenated alkanes) is 18. The molecule has 0 rings (SSSR count). The zero-order valence-electron chi connectivity index (χ0n) is 41.3. The van der Waals surface area contributed by atoms with Crippen LogP contribution in [0.5, 0.6) is 0 Å². The first-order valence-electron chi connectivity index (χ1n) is 25.3. The van der Waals surface area contributed by atoms with Crippen molar-refractivity contribution in [3.05, 3.63) is 85.1 Å². The minimum absolute atomic E-state index is 0.0769. The summed E-state index contributed by atoms with van der Waals surface area (Å²) in [5.74, 6) is -0.348. The van der Waals surface area contributed by atoms with Gasteiger partial charge in [0.25, 0.3) is 0 Å². The number of ether oxygens (including phenoxy) is 2. The van der Waals surface area contributed by atoms with Gasteiger partial charge in [0.2, 0.25) is 0 Å². The third-order valence-corrected chi connectivity index (χ3v) is 11.4. The van der Waals surface area contributed by atoms with Crippen molar-refractivity contribution in [3.63, 3.8) is 0 Å². The van der Waals surface area contributed by atoms with Crippen molar-refractivity contribution in [2.24, 2.45) is 0 Å². The summed E-state index contributed by atoms with van der Waals surface area (Å²) in [6, 6.07) is 0. The number of quaternary nitrogens is 1. The molecule has 0 saturated carbocycles. The monoisotopic (exact) mass is 903 g/mol. The van der Waals surface area contributed by atoms with Crippen molar-refractivity contribution >= 4 is 13.8 Å². The second-order valence-electron chi connectivity index (χ2n) is 17.8. The lowest BCUT2D eigenvalue weighted by atomic mass is 10.1. The standard InChI is InChI=1S/C54H96NO7P/c1-6-8-10-12-14-16-18-20-22-24-26-27-28-30-32-34-36-38-40-42-44-46-49-59-51-53(52-61-63(57,58)60-50-48-55(3,4)5)62-54(56)47-45-43-41-39-37-35-33-31-29-25-23-21-19-17-15-13-11-9-7-2/h9,11,15,17-18,20-21,23-24,26,29,31,35,37,53H,6-8,10,12-14,16,19,22,25,27-28,30,32-34,36,38-52H2,1-5H3/p+1/b11-9-,17-15-,20-18-,23-21-,26-24-,31-29-,37-35-. The van der Waals surface area contributed by atoms with E-state index in [-0.39, 0.29) is 32.2 Å². The zero-order valence-corrected chi connectivity index (χ0v) is 42.2. The molecule has 0 aliphatic rings. The maximum absolute atomic E-state index is 12.7. The van der Waals surface area contributed by atoms with Gasteiger partial charge in [-0.3, -0.25) is 13.8 Å². The molecule has 0 fully saturated rings. The van der Waals surface area contributed by atoms with Gasteiger partial charge < -0.3 is 18.9 Å². The Morgan fingerprint density at radius 2 is 0.921 bits per heavy atom. The van der Waals surface area contributed by atoms with Crippen molar-refractivity contribution in [1.29, 1.82) is 0 Å². The van der Waals surface area contributed by atoms with E-state index in [2.05, 4.69) is 98.9 Å². The van der Waals surface area contributed by atoms with Crippen LogP contribution >= 0.6 is 7.82 Å². The molecule has 2 atom stereocenters. The second kappa shape index (κ2) is 46.2. The first kappa shape index (κ1) is 60.7. The summed E-state index contributed by atoms with van der Waals surface area (Å²) >= 11 is 0. The lowest BCUT2D eigenvalue weighted by Crippen LogP contribution is -2.37. The summed E-state index contributed by atoms with van der Waals surface area (Å²) in [4.78, 5) is 23.0. The molecular weight excluding hydrogens is 806 g/mol. The number of carbonyl (C=O) groups is 1. The lowest BCUT2D eigenvalue weighted by Gasteiger charge is -2.24. The van der Waals surface area contributed by atoms with Gasteiger partial charge in [0.1, 0.15) is 19.3 Å². The average molecular weight is 903 g/mol. The molecule has 0 aliphatic heterocycles. The minimum atomic E-state index is -4.30. The number of nitrogens with zero attached hydrogens (tertiary/aromatic N) is 1. The summed E-state index contributed by atoms with van der Waals surface area (Å²) < 4.78 is 35.1. The molecule has 0 aromatic rings. The Balaban J connectivity index is 4.23. The highest BCUT2D eigenvalue weighted by Gasteiger charge is 2.26. The van der Waals surface area contributed by atoms with Gasteiger partial charge in [-0.1, -0.05) is 182 Å². The predicted octanol–water partition coefficient (Wildman–Crippen LogP) is 15.6. The maximum atomic E-state index is 12.7. The van der Waals surface area contributed by atoms with E-state index in [1.54, 1.807) is 0 Å². The molecule has 0 radical (unpaired) electrons. The third kappa shape index (κ3) is 50.5. The summed E-state index contributed by atoms with van der Waals surface area (Å²) in [6.07, 6.45) is 62.0. The molecule has 9 heteroatoms. The quantitative estimate of drug-likeness (QED) is 0.0214. The van der Waals surface area contributed by atoms with Gasteiger partial charge in [-0.2, -0.15) is 0 Å². The van der Waals surface area contributed by atoms with Crippen LogP contribution in [0, 0.1) is 0 Å². The number of rotatable bonds is 46. The number of hydrogen-bond donors (Lipinski definition) is 1. The fraction of sp³-hybridized carbons (Fsp3) is 0.722. The van der Waals surface area contributed by atoms with Crippen LogP contribution in [0.1, 0.15) is 194 Å². The van der Waals surface area contributed by atoms with Gasteiger partial charge >= 0.3 is 13.8 Å². The molecule has 364 valence electrons. The van der Waals surface area contributed by atoms with Crippen molar-refractivity contribution in [1.82, 2.24) is 0 Å². The molecule has 0 heterocycles. The van der Waals surface area contributed by atoms with Gasteiger partial charge in [-0.25, -0.2) is 4.57 Å². The molecule has 2 unspecified atom stereocenters. The fourth-order valence-corrected chi connectivity index (χ4v) is 7.29. The van der Waals surface area contributed by atoms with Crippen molar-refractivity contribution in [3.8, 4) is 0 Å². The van der Waals surface area contributed by atoms with Crippen LogP contribution in [-0.4, -0.2) is 75.6 Å². The van der Waals surface area contributed by atoms with E-state index < -0.39 is 13.9 Å². The van der Waals surface area contributed by atoms with E-state index in [9.17, 15) is 14.3 Å². The molecule has 1 N–H and O–H groups in total. The zero-order chi connectivity index (χ0) is 46.2. The topological polar surface area (TPSA) is 91.3 Å². The molecule has 0 saturated heterocycles. The van der Waals surface area contributed by atoms with E-state index in [1.807, 2.05) is 21.1 Å². The third-order valence-electron chi connectivity index (χ3n) is 10.4. The van der Waals surface area contributed by atoms with Crippen molar-refractivity contribution < 1.29 is 37.3 Å². The highest BCUT2D eigenvalue weighted by molar-refractivity contribution is 7.47. The first-order chi connectivity index (χ1) is 30.6. The first-order valence-corrected chi connectivity index (χ1v) is 26.8. The van der Waals surface area contributed by atoms with E-state index in [1.165, 1.54) is 96.3 Å². The molecule has 63 heavy (non-hydrogen) atoms. The summed E-state index contributed by atoms with van der Waals surface area (Å²) in [7, 11) is 1.63. The fourth-order valence-electron chi connectivity index (χ4n) is 6.55.